The summed E-state index contributed by atoms with van der Waals surface area (Å²) in [6.07, 6.45) is 1.72. The van der Waals surface area contributed by atoms with Gasteiger partial charge in [-0.1, -0.05) is 22.9 Å². The summed E-state index contributed by atoms with van der Waals surface area (Å²) < 4.78 is 13.9. The van der Waals surface area contributed by atoms with Gasteiger partial charge >= 0.3 is 0 Å². The molecule has 1 aromatic carbocycles. The van der Waals surface area contributed by atoms with Gasteiger partial charge in [0.25, 0.3) is 5.91 Å². The van der Waals surface area contributed by atoms with Crippen LogP contribution in [-0.4, -0.2) is 37.7 Å². The fraction of sp³-hybridized carbons (Fsp3) is 0.100. The zero-order valence-electron chi connectivity index (χ0n) is 15.2. The maximum atomic E-state index is 13.3. The molecular formula is C20H14ClFN4O3S. The number of rotatable bonds is 5. The number of carbonyl (C=O) groups is 1. The molecule has 3 heterocycles. The molecule has 1 atom stereocenters. The van der Waals surface area contributed by atoms with Gasteiger partial charge in [-0.05, 0) is 36.4 Å². The molecule has 1 unspecified atom stereocenters. The van der Waals surface area contributed by atoms with Crippen molar-refractivity contribution in [3.8, 4) is 11.4 Å². The molecule has 30 heavy (non-hydrogen) atoms. The zero-order valence-corrected chi connectivity index (χ0v) is 16.8. The van der Waals surface area contributed by atoms with E-state index in [-0.39, 0.29) is 10.8 Å². The number of amides is 1. The molecule has 152 valence electrons. The van der Waals surface area contributed by atoms with Crippen molar-refractivity contribution in [1.29, 1.82) is 0 Å². The Hall–Kier alpha value is -2.98. The molecule has 0 saturated heterocycles. The largest absolute Gasteiger partial charge is 0.393 e. The Kier molecular flexibility index (Phi) is 5.69. The highest BCUT2D eigenvalue weighted by Crippen LogP contribution is 2.28. The summed E-state index contributed by atoms with van der Waals surface area (Å²) in [6, 6.07) is 8.89. The van der Waals surface area contributed by atoms with E-state index in [0.29, 0.717) is 37.9 Å². The average molecular weight is 445 g/mol. The topological polar surface area (TPSA) is 108 Å². The van der Waals surface area contributed by atoms with E-state index in [9.17, 15) is 14.3 Å². The maximum Gasteiger partial charge on any atom is 0.259 e. The second kappa shape index (κ2) is 8.41. The van der Waals surface area contributed by atoms with Gasteiger partial charge < -0.3 is 10.2 Å². The van der Waals surface area contributed by atoms with Gasteiger partial charge in [-0.15, -0.1) is 0 Å². The minimum atomic E-state index is -1.07. The first kappa shape index (κ1) is 20.3. The molecule has 0 aliphatic carbocycles. The van der Waals surface area contributed by atoms with Crippen LogP contribution in [0.4, 0.5) is 9.52 Å². The number of anilines is 1. The van der Waals surface area contributed by atoms with Crippen molar-refractivity contribution >= 4 is 44.2 Å². The van der Waals surface area contributed by atoms with Crippen molar-refractivity contribution in [1.82, 2.24) is 15.0 Å². The van der Waals surface area contributed by atoms with Crippen molar-refractivity contribution < 1.29 is 19.4 Å². The Morgan fingerprint density at radius 3 is 2.73 bits per heavy atom. The fourth-order valence-corrected chi connectivity index (χ4v) is 3.88. The Labute approximate surface area is 178 Å². The van der Waals surface area contributed by atoms with Crippen molar-refractivity contribution in [2.75, 3.05) is 11.9 Å². The number of aromatic nitrogens is 3. The molecule has 0 bridgehead atoms. The van der Waals surface area contributed by atoms with Gasteiger partial charge in [0.05, 0.1) is 33.1 Å². The lowest BCUT2D eigenvalue weighted by molar-refractivity contribution is 0.0953. The monoisotopic (exact) mass is 444 g/mol. The molecule has 3 aromatic heterocycles. The highest BCUT2D eigenvalue weighted by atomic mass is 35.5. The van der Waals surface area contributed by atoms with Gasteiger partial charge in [-0.2, -0.15) is 0 Å². The number of fused-ring (bicyclic) bond motifs is 1. The smallest absolute Gasteiger partial charge is 0.259 e. The first-order valence-corrected chi connectivity index (χ1v) is 9.92. The van der Waals surface area contributed by atoms with Crippen LogP contribution in [0.3, 0.4) is 0 Å². The van der Waals surface area contributed by atoms with Crippen molar-refractivity contribution in [3.63, 3.8) is 0 Å². The molecule has 0 fully saturated rings. The van der Waals surface area contributed by atoms with Crippen LogP contribution in [0.25, 0.3) is 21.6 Å². The van der Waals surface area contributed by atoms with Crippen molar-refractivity contribution in [2.24, 2.45) is 0 Å². The molecule has 0 aliphatic rings. The van der Waals surface area contributed by atoms with E-state index in [2.05, 4.69) is 20.3 Å². The standard InChI is InChI=1S/C20H14ClFN4O3S/c21-13-5-11(16(28)9-27)8-24-18(13)15-3-1-10(7-23-15)19(29)26-20-25-14-4-2-12(22)6-17(14)30-20/h1-8,16,27-28H,9H2,(H,25,26,29). The number of thiazole rings is 1. The molecular weight excluding hydrogens is 431 g/mol. The van der Waals surface area contributed by atoms with E-state index in [1.165, 1.54) is 41.9 Å². The molecule has 4 rings (SSSR count). The average Bonchev–Trinajstić information content (AvgIpc) is 3.14. The van der Waals surface area contributed by atoms with Gasteiger partial charge in [0.2, 0.25) is 0 Å². The van der Waals surface area contributed by atoms with Gasteiger partial charge in [0, 0.05) is 18.0 Å². The predicted molar refractivity (Wildman–Crippen MR) is 112 cm³/mol. The Balaban J connectivity index is 1.52. The van der Waals surface area contributed by atoms with Gasteiger partial charge in [0.15, 0.2) is 5.13 Å². The number of halogens is 2. The summed E-state index contributed by atoms with van der Waals surface area (Å²) >= 11 is 7.39. The summed E-state index contributed by atoms with van der Waals surface area (Å²) in [7, 11) is 0. The van der Waals surface area contributed by atoms with E-state index in [4.69, 9.17) is 16.7 Å². The molecule has 0 spiro atoms. The number of nitrogens with zero attached hydrogens (tertiary/aromatic N) is 3. The minimum Gasteiger partial charge on any atom is -0.393 e. The summed E-state index contributed by atoms with van der Waals surface area (Å²) in [6.45, 7) is -0.441. The normalized spacial score (nSPS) is 12.1. The third kappa shape index (κ3) is 4.14. The number of hydrogen-bond donors (Lipinski definition) is 3. The van der Waals surface area contributed by atoms with Crippen LogP contribution in [0.5, 0.6) is 0 Å². The van der Waals surface area contributed by atoms with Gasteiger partial charge in [-0.3, -0.25) is 20.1 Å². The molecule has 1 amide bonds. The highest BCUT2D eigenvalue weighted by Gasteiger charge is 2.14. The maximum absolute atomic E-state index is 13.3. The highest BCUT2D eigenvalue weighted by molar-refractivity contribution is 7.22. The quantitative estimate of drug-likeness (QED) is 0.432. The number of carbonyl (C=O) groups excluding carboxylic acids is 1. The number of hydrogen-bond acceptors (Lipinski definition) is 7. The van der Waals surface area contributed by atoms with Crippen LogP contribution < -0.4 is 5.32 Å². The number of aliphatic hydroxyl groups is 2. The van der Waals surface area contributed by atoms with Crippen molar-refractivity contribution in [2.45, 2.75) is 6.10 Å². The summed E-state index contributed by atoms with van der Waals surface area (Å²) in [5, 5.41) is 22.0. The van der Waals surface area contributed by atoms with Crippen molar-refractivity contribution in [3.05, 3.63) is 70.8 Å². The van der Waals surface area contributed by atoms with Crippen LogP contribution in [0.1, 0.15) is 22.0 Å². The molecule has 10 heteroatoms. The lowest BCUT2D eigenvalue weighted by atomic mass is 10.1. The first-order chi connectivity index (χ1) is 14.4. The molecule has 0 aliphatic heterocycles. The van der Waals surface area contributed by atoms with E-state index in [1.807, 2.05) is 0 Å². The number of pyridine rings is 2. The second-order valence-electron chi connectivity index (χ2n) is 6.31. The van der Waals surface area contributed by atoms with Crippen LogP contribution in [-0.2, 0) is 0 Å². The number of benzene rings is 1. The van der Waals surface area contributed by atoms with Gasteiger partial charge in [-0.25, -0.2) is 9.37 Å². The minimum absolute atomic E-state index is 0.256. The summed E-state index contributed by atoms with van der Waals surface area (Å²) in [4.78, 5) is 25.2. The third-order valence-electron chi connectivity index (χ3n) is 4.26. The Bertz CT molecular complexity index is 1230. The Morgan fingerprint density at radius 1 is 1.20 bits per heavy atom. The van der Waals surface area contributed by atoms with E-state index in [0.717, 1.165) is 0 Å². The summed E-state index contributed by atoms with van der Waals surface area (Å²) in [5.41, 5.74) is 2.11. The van der Waals surface area contributed by atoms with Crippen LogP contribution in [0, 0.1) is 5.82 Å². The second-order valence-corrected chi connectivity index (χ2v) is 7.75. The zero-order chi connectivity index (χ0) is 21.3. The number of nitrogens with one attached hydrogen (secondary N) is 1. The van der Waals surface area contributed by atoms with Crippen LogP contribution in [0.15, 0.2) is 48.8 Å². The SMILES string of the molecule is O=C(Nc1nc2ccc(F)cc2s1)c1ccc(-c2ncc(C(O)CO)cc2Cl)nc1. The number of aliphatic hydroxyl groups excluding tert-OH is 2. The molecule has 4 aromatic rings. The first-order valence-electron chi connectivity index (χ1n) is 8.73. The molecule has 7 nitrogen and oxygen atoms in total. The molecule has 0 radical (unpaired) electrons. The van der Waals surface area contributed by atoms with Gasteiger partial charge in [0.1, 0.15) is 17.6 Å². The Morgan fingerprint density at radius 2 is 2.03 bits per heavy atom. The summed E-state index contributed by atoms with van der Waals surface area (Å²) in [5.74, 6) is -0.774. The fourth-order valence-electron chi connectivity index (χ4n) is 2.72. The van der Waals surface area contributed by atoms with E-state index in [1.54, 1.807) is 18.2 Å². The third-order valence-corrected chi connectivity index (χ3v) is 5.48. The van der Waals surface area contributed by atoms with Crippen LogP contribution >= 0.6 is 22.9 Å². The van der Waals surface area contributed by atoms with E-state index >= 15 is 0 Å². The predicted octanol–water partition coefficient (Wildman–Crippen LogP) is 3.82. The lowest BCUT2D eigenvalue weighted by Crippen LogP contribution is -2.12. The molecule has 0 saturated carbocycles. The van der Waals surface area contributed by atoms with Crippen LogP contribution in [0.2, 0.25) is 5.02 Å². The molecule has 3 N–H and O–H groups in total. The lowest BCUT2D eigenvalue weighted by Gasteiger charge is -2.10. The van der Waals surface area contributed by atoms with E-state index < -0.39 is 18.6 Å².